The highest BCUT2D eigenvalue weighted by molar-refractivity contribution is 6.04. The Hall–Kier alpha value is -2.04. The Balaban J connectivity index is 2.26. The summed E-state index contributed by atoms with van der Waals surface area (Å²) < 4.78 is 5.02. The number of ether oxygens (including phenoxy) is 1. The Labute approximate surface area is 86.9 Å². The fourth-order valence-electron chi connectivity index (χ4n) is 1.44. The number of amides is 1. The molecule has 78 valence electrons. The Morgan fingerprint density at radius 2 is 2.07 bits per heavy atom. The number of methoxy groups -OCH3 is 1. The Kier molecular flexibility index (Phi) is 2.29. The van der Waals surface area contributed by atoms with Crippen LogP contribution in [0, 0.1) is 0 Å². The summed E-state index contributed by atoms with van der Waals surface area (Å²) in [5.41, 5.74) is 6.20. The van der Waals surface area contributed by atoms with Crippen LogP contribution in [-0.2, 0) is 4.79 Å². The highest BCUT2D eigenvalue weighted by Crippen LogP contribution is 2.22. The van der Waals surface area contributed by atoms with E-state index in [1.165, 1.54) is 0 Å². The molecule has 1 aromatic rings. The summed E-state index contributed by atoms with van der Waals surface area (Å²) in [5.74, 6) is 0.715. The molecular formula is C10H11N3O2. The van der Waals surface area contributed by atoms with Gasteiger partial charge in [-0.3, -0.25) is 10.1 Å². The van der Waals surface area contributed by atoms with Crippen LogP contribution in [0.4, 0.5) is 0 Å². The number of nitrogens with two attached hydrogens (primary N) is 1. The predicted molar refractivity (Wildman–Crippen MR) is 55.5 cm³/mol. The molecule has 0 bridgehead atoms. The molecule has 5 nitrogen and oxygen atoms in total. The predicted octanol–water partition coefficient (Wildman–Crippen LogP) is 0.181. The number of nitrogens with one attached hydrogen (secondary N) is 1. The first-order valence-corrected chi connectivity index (χ1v) is 4.49. The highest BCUT2D eigenvalue weighted by Gasteiger charge is 2.26. The zero-order chi connectivity index (χ0) is 10.8. The van der Waals surface area contributed by atoms with Gasteiger partial charge >= 0.3 is 0 Å². The fourth-order valence-corrected chi connectivity index (χ4v) is 1.44. The maximum absolute atomic E-state index is 11.4. The van der Waals surface area contributed by atoms with Crippen LogP contribution in [0.3, 0.4) is 0 Å². The monoisotopic (exact) mass is 205 g/mol. The topological polar surface area (TPSA) is 76.7 Å². The molecule has 0 saturated carbocycles. The van der Waals surface area contributed by atoms with E-state index in [0.29, 0.717) is 0 Å². The van der Waals surface area contributed by atoms with Crippen molar-refractivity contribution >= 4 is 11.9 Å². The van der Waals surface area contributed by atoms with E-state index >= 15 is 0 Å². The largest absolute Gasteiger partial charge is 0.497 e. The molecule has 1 aliphatic rings. The van der Waals surface area contributed by atoms with E-state index in [0.717, 1.165) is 11.3 Å². The van der Waals surface area contributed by atoms with Crippen molar-refractivity contribution < 1.29 is 9.53 Å². The summed E-state index contributed by atoms with van der Waals surface area (Å²) in [6.45, 7) is 0. The molecule has 1 heterocycles. The second-order valence-electron chi connectivity index (χ2n) is 3.18. The molecule has 15 heavy (non-hydrogen) atoms. The van der Waals surface area contributed by atoms with Crippen LogP contribution >= 0.6 is 0 Å². The minimum atomic E-state index is -0.532. The maximum atomic E-state index is 11.4. The Bertz CT molecular complexity index is 411. The molecule has 1 aromatic carbocycles. The molecule has 0 saturated heterocycles. The van der Waals surface area contributed by atoms with Gasteiger partial charge in [0, 0.05) is 0 Å². The fraction of sp³-hybridized carbons (Fsp3) is 0.200. The van der Waals surface area contributed by atoms with Crippen LogP contribution in [0.15, 0.2) is 29.3 Å². The summed E-state index contributed by atoms with van der Waals surface area (Å²) in [5, 5.41) is 2.45. The second kappa shape index (κ2) is 3.61. The van der Waals surface area contributed by atoms with E-state index in [2.05, 4.69) is 10.3 Å². The van der Waals surface area contributed by atoms with Crippen LogP contribution in [0.25, 0.3) is 0 Å². The zero-order valence-electron chi connectivity index (χ0n) is 8.23. The normalized spacial score (nSPS) is 19.7. The smallest absolute Gasteiger partial charge is 0.256 e. The zero-order valence-corrected chi connectivity index (χ0v) is 8.23. The van der Waals surface area contributed by atoms with Gasteiger partial charge in [0.1, 0.15) is 5.75 Å². The number of benzene rings is 1. The SMILES string of the molecule is COc1ccc(C2N=C(N)NC2=O)cc1. The van der Waals surface area contributed by atoms with Gasteiger partial charge in [-0.05, 0) is 17.7 Å². The Morgan fingerprint density at radius 3 is 2.53 bits per heavy atom. The lowest BCUT2D eigenvalue weighted by Crippen LogP contribution is -2.31. The number of rotatable bonds is 2. The van der Waals surface area contributed by atoms with Gasteiger partial charge in [-0.15, -0.1) is 0 Å². The average Bonchev–Trinajstić information content (AvgIpc) is 2.58. The molecule has 1 unspecified atom stereocenters. The number of nitrogens with zero attached hydrogens (tertiary/aromatic N) is 1. The van der Waals surface area contributed by atoms with Crippen molar-refractivity contribution in [3.63, 3.8) is 0 Å². The van der Waals surface area contributed by atoms with Crippen molar-refractivity contribution in [1.29, 1.82) is 0 Å². The van der Waals surface area contributed by atoms with Crippen molar-refractivity contribution in [3.05, 3.63) is 29.8 Å². The second-order valence-corrected chi connectivity index (χ2v) is 3.18. The number of carbonyl (C=O) groups is 1. The van der Waals surface area contributed by atoms with E-state index < -0.39 is 6.04 Å². The third kappa shape index (κ3) is 1.76. The van der Waals surface area contributed by atoms with Crippen LogP contribution in [0.5, 0.6) is 5.75 Å². The van der Waals surface area contributed by atoms with Gasteiger partial charge in [-0.2, -0.15) is 0 Å². The number of hydrogen-bond acceptors (Lipinski definition) is 4. The lowest BCUT2D eigenvalue weighted by molar-refractivity contribution is -0.120. The number of hydrogen-bond donors (Lipinski definition) is 2. The molecule has 3 N–H and O–H groups in total. The molecule has 0 aromatic heterocycles. The average molecular weight is 205 g/mol. The first-order chi connectivity index (χ1) is 7.20. The quantitative estimate of drug-likeness (QED) is 0.723. The van der Waals surface area contributed by atoms with Gasteiger partial charge in [-0.25, -0.2) is 4.99 Å². The molecule has 1 amide bonds. The lowest BCUT2D eigenvalue weighted by Gasteiger charge is -2.05. The molecule has 0 fully saturated rings. The van der Waals surface area contributed by atoms with Gasteiger partial charge < -0.3 is 10.5 Å². The van der Waals surface area contributed by atoms with E-state index in [-0.39, 0.29) is 11.9 Å². The highest BCUT2D eigenvalue weighted by atomic mass is 16.5. The van der Waals surface area contributed by atoms with Gasteiger partial charge in [0.05, 0.1) is 7.11 Å². The lowest BCUT2D eigenvalue weighted by atomic mass is 10.1. The van der Waals surface area contributed by atoms with E-state index in [1.54, 1.807) is 31.4 Å². The summed E-state index contributed by atoms with van der Waals surface area (Å²) in [6, 6.07) is 6.63. The Morgan fingerprint density at radius 1 is 1.40 bits per heavy atom. The third-order valence-electron chi connectivity index (χ3n) is 2.20. The number of guanidine groups is 1. The van der Waals surface area contributed by atoms with Crippen molar-refractivity contribution in [2.45, 2.75) is 6.04 Å². The van der Waals surface area contributed by atoms with Crippen LogP contribution < -0.4 is 15.8 Å². The minimum Gasteiger partial charge on any atom is -0.497 e. The molecular weight excluding hydrogens is 194 g/mol. The molecule has 0 radical (unpaired) electrons. The van der Waals surface area contributed by atoms with Gasteiger partial charge in [-0.1, -0.05) is 12.1 Å². The maximum Gasteiger partial charge on any atom is 0.256 e. The molecule has 0 spiro atoms. The van der Waals surface area contributed by atoms with Gasteiger partial charge in [0.2, 0.25) is 0 Å². The minimum absolute atomic E-state index is 0.167. The van der Waals surface area contributed by atoms with Crippen molar-refractivity contribution in [1.82, 2.24) is 5.32 Å². The summed E-state index contributed by atoms with van der Waals surface area (Å²) in [7, 11) is 1.59. The first kappa shape index (κ1) is 9.51. The number of aliphatic imine (C=N–C) groups is 1. The molecule has 1 atom stereocenters. The standard InChI is InChI=1S/C10H11N3O2/c1-15-7-4-2-6(3-5-7)8-9(14)13-10(11)12-8/h2-5,8H,1H3,(H3,11,12,13,14). The molecule has 5 heteroatoms. The van der Waals surface area contributed by atoms with E-state index in [9.17, 15) is 4.79 Å². The van der Waals surface area contributed by atoms with Gasteiger partial charge in [0.25, 0.3) is 5.91 Å². The van der Waals surface area contributed by atoms with Crippen molar-refractivity contribution in [2.24, 2.45) is 10.7 Å². The number of carbonyl (C=O) groups excluding carboxylic acids is 1. The van der Waals surface area contributed by atoms with Gasteiger partial charge in [0.15, 0.2) is 12.0 Å². The van der Waals surface area contributed by atoms with Crippen LogP contribution in [-0.4, -0.2) is 19.0 Å². The third-order valence-corrected chi connectivity index (χ3v) is 2.20. The molecule has 0 aliphatic carbocycles. The van der Waals surface area contributed by atoms with Crippen LogP contribution in [0.1, 0.15) is 11.6 Å². The van der Waals surface area contributed by atoms with E-state index in [1.807, 2.05) is 0 Å². The van der Waals surface area contributed by atoms with Crippen molar-refractivity contribution in [2.75, 3.05) is 7.11 Å². The van der Waals surface area contributed by atoms with Crippen LogP contribution in [0.2, 0.25) is 0 Å². The van der Waals surface area contributed by atoms with Crippen molar-refractivity contribution in [3.8, 4) is 5.75 Å². The summed E-state index contributed by atoms with van der Waals surface area (Å²) >= 11 is 0. The summed E-state index contributed by atoms with van der Waals surface area (Å²) in [6.07, 6.45) is 0. The first-order valence-electron chi connectivity index (χ1n) is 4.49. The van der Waals surface area contributed by atoms with E-state index in [4.69, 9.17) is 10.5 Å². The summed E-state index contributed by atoms with van der Waals surface area (Å²) in [4.78, 5) is 15.4. The molecule has 1 aliphatic heterocycles. The molecule has 2 rings (SSSR count).